The van der Waals surface area contributed by atoms with E-state index in [0.717, 1.165) is 15.7 Å². The number of hydrogen-bond acceptors (Lipinski definition) is 2. The third-order valence-corrected chi connectivity index (χ3v) is 3.77. The van der Waals surface area contributed by atoms with Crippen LogP contribution in [0.3, 0.4) is 0 Å². The summed E-state index contributed by atoms with van der Waals surface area (Å²) in [6, 6.07) is 13.0. The number of thioether (sulfide) groups is 1. The molecule has 0 heterocycles. The van der Waals surface area contributed by atoms with Crippen LogP contribution in [0.5, 0.6) is 0 Å². The molecule has 0 fully saturated rings. The van der Waals surface area contributed by atoms with Crippen molar-refractivity contribution in [2.45, 2.75) is 11.4 Å². The van der Waals surface area contributed by atoms with Gasteiger partial charge in [0.2, 0.25) is 0 Å². The van der Waals surface area contributed by atoms with E-state index in [2.05, 4.69) is 27.3 Å². The fourth-order valence-electron chi connectivity index (χ4n) is 1.70. The highest BCUT2D eigenvalue weighted by atomic mass is 79.9. The first-order chi connectivity index (χ1) is 8.69. The fourth-order valence-corrected chi connectivity index (χ4v) is 2.79. The standard InChI is InChI=1S/C14H13BrFNS/c1-18-14-5-3-2-4-13(14)17-9-10-6-11(15)8-12(16)7-10/h2-8,17H,9H2,1H3. The summed E-state index contributed by atoms with van der Waals surface area (Å²) in [5, 5.41) is 3.33. The molecule has 0 aliphatic rings. The van der Waals surface area contributed by atoms with Gasteiger partial charge in [0.1, 0.15) is 5.82 Å². The van der Waals surface area contributed by atoms with E-state index < -0.39 is 0 Å². The molecule has 0 saturated carbocycles. The van der Waals surface area contributed by atoms with Gasteiger partial charge in [0.25, 0.3) is 0 Å². The van der Waals surface area contributed by atoms with E-state index >= 15 is 0 Å². The van der Waals surface area contributed by atoms with E-state index in [1.54, 1.807) is 17.8 Å². The van der Waals surface area contributed by atoms with Crippen molar-refractivity contribution in [2.75, 3.05) is 11.6 Å². The topological polar surface area (TPSA) is 12.0 Å². The molecule has 18 heavy (non-hydrogen) atoms. The Hall–Kier alpha value is -1.00. The molecule has 1 N–H and O–H groups in total. The van der Waals surface area contributed by atoms with Crippen molar-refractivity contribution >= 4 is 33.4 Å². The second-order valence-corrected chi connectivity index (χ2v) is 5.60. The lowest BCUT2D eigenvalue weighted by Crippen LogP contribution is -2.01. The van der Waals surface area contributed by atoms with E-state index in [1.165, 1.54) is 11.0 Å². The van der Waals surface area contributed by atoms with E-state index in [1.807, 2.05) is 30.5 Å². The lowest BCUT2D eigenvalue weighted by molar-refractivity contribution is 0.625. The van der Waals surface area contributed by atoms with Crippen LogP contribution in [0.4, 0.5) is 10.1 Å². The maximum Gasteiger partial charge on any atom is 0.124 e. The van der Waals surface area contributed by atoms with Crippen LogP contribution in [-0.2, 0) is 6.54 Å². The van der Waals surface area contributed by atoms with E-state index in [9.17, 15) is 4.39 Å². The van der Waals surface area contributed by atoms with Crippen LogP contribution in [0.2, 0.25) is 0 Å². The molecule has 4 heteroatoms. The Kier molecular flexibility index (Phi) is 4.66. The van der Waals surface area contributed by atoms with Gasteiger partial charge >= 0.3 is 0 Å². The number of anilines is 1. The average Bonchev–Trinajstić information content (AvgIpc) is 2.35. The van der Waals surface area contributed by atoms with Gasteiger partial charge in [0, 0.05) is 21.6 Å². The molecule has 0 aromatic heterocycles. The van der Waals surface area contributed by atoms with Crippen LogP contribution in [0.15, 0.2) is 51.8 Å². The monoisotopic (exact) mass is 325 g/mol. The highest BCUT2D eigenvalue weighted by Crippen LogP contribution is 2.25. The number of benzene rings is 2. The second-order valence-electron chi connectivity index (χ2n) is 3.83. The molecule has 2 rings (SSSR count). The summed E-state index contributed by atoms with van der Waals surface area (Å²) >= 11 is 4.99. The van der Waals surface area contributed by atoms with Crippen LogP contribution in [0, 0.1) is 5.82 Å². The SMILES string of the molecule is CSc1ccccc1NCc1cc(F)cc(Br)c1. The molecule has 0 radical (unpaired) electrons. The Morgan fingerprint density at radius 2 is 2.00 bits per heavy atom. The van der Waals surface area contributed by atoms with Gasteiger partial charge in [0.05, 0.1) is 0 Å². The van der Waals surface area contributed by atoms with Crippen LogP contribution in [-0.4, -0.2) is 6.26 Å². The van der Waals surface area contributed by atoms with Gasteiger partial charge in [-0.2, -0.15) is 0 Å². The second kappa shape index (κ2) is 6.25. The number of nitrogens with one attached hydrogen (secondary N) is 1. The lowest BCUT2D eigenvalue weighted by Gasteiger charge is -2.10. The van der Waals surface area contributed by atoms with Crippen molar-refractivity contribution in [2.24, 2.45) is 0 Å². The minimum absolute atomic E-state index is 0.223. The Labute approximate surface area is 119 Å². The van der Waals surface area contributed by atoms with Crippen molar-refractivity contribution in [1.29, 1.82) is 0 Å². The fraction of sp³-hybridized carbons (Fsp3) is 0.143. The Bertz CT molecular complexity index is 525. The van der Waals surface area contributed by atoms with Gasteiger partial charge in [-0.3, -0.25) is 0 Å². The zero-order chi connectivity index (χ0) is 13.0. The summed E-state index contributed by atoms with van der Waals surface area (Å²) in [4.78, 5) is 1.19. The first kappa shape index (κ1) is 13.4. The summed E-state index contributed by atoms with van der Waals surface area (Å²) in [7, 11) is 0. The van der Waals surface area contributed by atoms with Gasteiger partial charge < -0.3 is 5.32 Å². The van der Waals surface area contributed by atoms with Gasteiger partial charge in [-0.25, -0.2) is 4.39 Å². The molecule has 0 aliphatic heterocycles. The van der Waals surface area contributed by atoms with Crippen molar-refractivity contribution < 1.29 is 4.39 Å². The molecule has 0 atom stereocenters. The van der Waals surface area contributed by atoms with Crippen molar-refractivity contribution in [3.05, 3.63) is 58.3 Å². The molecule has 0 spiro atoms. The molecule has 1 nitrogen and oxygen atoms in total. The van der Waals surface area contributed by atoms with Gasteiger partial charge in [0.15, 0.2) is 0 Å². The normalized spacial score (nSPS) is 10.4. The van der Waals surface area contributed by atoms with E-state index in [0.29, 0.717) is 6.54 Å². The number of hydrogen-bond donors (Lipinski definition) is 1. The van der Waals surface area contributed by atoms with Crippen molar-refractivity contribution in [3.8, 4) is 0 Å². The zero-order valence-electron chi connectivity index (χ0n) is 9.91. The molecule has 94 valence electrons. The minimum atomic E-state index is -0.223. The lowest BCUT2D eigenvalue weighted by atomic mass is 10.2. The summed E-state index contributed by atoms with van der Waals surface area (Å²) in [5.41, 5.74) is 1.99. The van der Waals surface area contributed by atoms with Crippen LogP contribution in [0.1, 0.15) is 5.56 Å². The van der Waals surface area contributed by atoms with Crippen molar-refractivity contribution in [1.82, 2.24) is 0 Å². The number of rotatable bonds is 4. The molecule has 2 aromatic carbocycles. The average molecular weight is 326 g/mol. The zero-order valence-corrected chi connectivity index (χ0v) is 12.3. The molecule has 0 amide bonds. The van der Waals surface area contributed by atoms with Crippen LogP contribution >= 0.6 is 27.7 Å². The van der Waals surface area contributed by atoms with Crippen molar-refractivity contribution in [3.63, 3.8) is 0 Å². The summed E-state index contributed by atoms with van der Waals surface area (Å²) in [6.45, 7) is 0.605. The van der Waals surface area contributed by atoms with Gasteiger partial charge in [-0.15, -0.1) is 11.8 Å². The molecule has 0 unspecified atom stereocenters. The highest BCUT2D eigenvalue weighted by Gasteiger charge is 2.02. The molecule has 0 saturated heterocycles. The molecule has 0 aliphatic carbocycles. The maximum atomic E-state index is 13.2. The van der Waals surface area contributed by atoms with Gasteiger partial charge in [-0.1, -0.05) is 28.1 Å². The Balaban J connectivity index is 2.11. The third kappa shape index (κ3) is 3.50. The predicted octanol–water partition coefficient (Wildman–Crippen LogP) is 4.92. The largest absolute Gasteiger partial charge is 0.380 e. The highest BCUT2D eigenvalue weighted by molar-refractivity contribution is 9.10. The number of para-hydroxylation sites is 1. The predicted molar refractivity (Wildman–Crippen MR) is 79.6 cm³/mol. The quantitative estimate of drug-likeness (QED) is 0.800. The van der Waals surface area contributed by atoms with Crippen LogP contribution < -0.4 is 5.32 Å². The maximum absolute atomic E-state index is 13.2. The summed E-state index contributed by atoms with van der Waals surface area (Å²) < 4.78 is 14.0. The first-order valence-corrected chi connectivity index (χ1v) is 7.52. The van der Waals surface area contributed by atoms with E-state index in [-0.39, 0.29) is 5.82 Å². The molecular weight excluding hydrogens is 313 g/mol. The summed E-state index contributed by atoms with van der Waals surface area (Å²) in [6.07, 6.45) is 2.04. The molecule has 2 aromatic rings. The van der Waals surface area contributed by atoms with E-state index in [4.69, 9.17) is 0 Å². The minimum Gasteiger partial charge on any atom is -0.380 e. The molecular formula is C14H13BrFNS. The first-order valence-electron chi connectivity index (χ1n) is 5.51. The smallest absolute Gasteiger partial charge is 0.124 e. The summed E-state index contributed by atoms with van der Waals surface area (Å²) in [5.74, 6) is -0.223. The molecule has 0 bridgehead atoms. The Morgan fingerprint density at radius 3 is 2.72 bits per heavy atom. The number of halogens is 2. The third-order valence-electron chi connectivity index (χ3n) is 2.51. The Morgan fingerprint density at radius 1 is 1.22 bits per heavy atom. The van der Waals surface area contributed by atoms with Gasteiger partial charge in [-0.05, 0) is 42.2 Å². The van der Waals surface area contributed by atoms with Crippen LogP contribution in [0.25, 0.3) is 0 Å².